The summed E-state index contributed by atoms with van der Waals surface area (Å²) in [5, 5.41) is 0.0575. The van der Waals surface area contributed by atoms with Crippen LogP contribution in [0.4, 0.5) is 0 Å². The van der Waals surface area contributed by atoms with E-state index in [4.69, 9.17) is 21.1 Å². The first-order valence-corrected chi connectivity index (χ1v) is 5.78. The lowest BCUT2D eigenvalue weighted by Gasteiger charge is -2.11. The van der Waals surface area contributed by atoms with Gasteiger partial charge in [-0.05, 0) is 24.1 Å². The second-order valence-electron chi connectivity index (χ2n) is 3.63. The third-order valence-corrected chi connectivity index (χ3v) is 3.05. The van der Waals surface area contributed by atoms with Gasteiger partial charge in [0.15, 0.2) is 11.5 Å². The number of benzene rings is 1. The fourth-order valence-corrected chi connectivity index (χ4v) is 1.75. The van der Waals surface area contributed by atoms with Crippen molar-refractivity contribution in [1.82, 2.24) is 0 Å². The molecule has 15 heavy (non-hydrogen) atoms. The van der Waals surface area contributed by atoms with Gasteiger partial charge in [-0.2, -0.15) is 0 Å². The maximum Gasteiger partial charge on any atom is 0.161 e. The van der Waals surface area contributed by atoms with Crippen molar-refractivity contribution >= 4 is 11.6 Å². The molecule has 82 valence electrons. The van der Waals surface area contributed by atoms with Crippen LogP contribution >= 0.6 is 11.6 Å². The quantitative estimate of drug-likeness (QED) is 0.719. The summed E-state index contributed by atoms with van der Waals surface area (Å²) in [5.74, 6) is 1.65. The number of rotatable bonds is 2. The Morgan fingerprint density at radius 2 is 2.00 bits per heavy atom. The maximum absolute atomic E-state index is 6.18. The molecule has 1 aromatic rings. The van der Waals surface area contributed by atoms with E-state index >= 15 is 0 Å². The number of hydrogen-bond acceptors (Lipinski definition) is 2. The highest BCUT2D eigenvalue weighted by Crippen LogP contribution is 2.34. The summed E-state index contributed by atoms with van der Waals surface area (Å²) >= 11 is 6.18. The topological polar surface area (TPSA) is 18.5 Å². The molecule has 3 heteroatoms. The Hall–Kier alpha value is -0.890. The molecule has 0 amide bonds. The van der Waals surface area contributed by atoms with Gasteiger partial charge in [-0.3, -0.25) is 0 Å². The first-order valence-electron chi connectivity index (χ1n) is 5.35. The molecule has 1 aliphatic rings. The SMILES string of the molecule is CCC(Cl)c1ccc2c(c1)OCCCO2. The summed E-state index contributed by atoms with van der Waals surface area (Å²) in [4.78, 5) is 0. The summed E-state index contributed by atoms with van der Waals surface area (Å²) < 4.78 is 11.1. The van der Waals surface area contributed by atoms with Crippen LogP contribution in [-0.2, 0) is 0 Å². The fraction of sp³-hybridized carbons (Fsp3) is 0.500. The maximum atomic E-state index is 6.18. The summed E-state index contributed by atoms with van der Waals surface area (Å²) in [6.45, 7) is 3.51. The van der Waals surface area contributed by atoms with Crippen molar-refractivity contribution in [2.75, 3.05) is 13.2 Å². The number of halogens is 1. The van der Waals surface area contributed by atoms with Crippen LogP contribution in [0, 0.1) is 0 Å². The van der Waals surface area contributed by atoms with Crippen LogP contribution < -0.4 is 9.47 Å². The van der Waals surface area contributed by atoms with Crippen LogP contribution in [0.2, 0.25) is 0 Å². The molecule has 1 unspecified atom stereocenters. The summed E-state index contributed by atoms with van der Waals surface area (Å²) in [7, 11) is 0. The molecule has 1 atom stereocenters. The Labute approximate surface area is 95.1 Å². The van der Waals surface area contributed by atoms with Crippen LogP contribution in [0.15, 0.2) is 18.2 Å². The average Bonchev–Trinajstić information content (AvgIpc) is 2.51. The molecule has 0 saturated heterocycles. The Kier molecular flexibility index (Phi) is 3.37. The van der Waals surface area contributed by atoms with Gasteiger partial charge in [0, 0.05) is 6.42 Å². The van der Waals surface area contributed by atoms with Crippen molar-refractivity contribution in [3.8, 4) is 11.5 Å². The number of alkyl halides is 1. The van der Waals surface area contributed by atoms with Gasteiger partial charge in [0.25, 0.3) is 0 Å². The number of ether oxygens (including phenoxy) is 2. The molecule has 0 aromatic heterocycles. The van der Waals surface area contributed by atoms with Crippen molar-refractivity contribution in [2.45, 2.75) is 25.1 Å². The summed E-state index contributed by atoms with van der Waals surface area (Å²) in [5.41, 5.74) is 1.10. The highest BCUT2D eigenvalue weighted by molar-refractivity contribution is 6.20. The van der Waals surface area contributed by atoms with Gasteiger partial charge >= 0.3 is 0 Å². The molecule has 0 saturated carbocycles. The van der Waals surface area contributed by atoms with E-state index in [0.717, 1.165) is 43.1 Å². The minimum absolute atomic E-state index is 0.0575. The molecule has 0 aliphatic carbocycles. The zero-order valence-electron chi connectivity index (χ0n) is 8.83. The predicted octanol–water partition coefficient (Wildman–Crippen LogP) is 3.54. The molecule has 2 nitrogen and oxygen atoms in total. The molecule has 0 fully saturated rings. The number of fused-ring (bicyclic) bond motifs is 1. The van der Waals surface area contributed by atoms with Gasteiger partial charge in [-0.1, -0.05) is 13.0 Å². The molecule has 0 N–H and O–H groups in total. The second-order valence-corrected chi connectivity index (χ2v) is 4.16. The third-order valence-electron chi connectivity index (χ3n) is 2.49. The first-order chi connectivity index (χ1) is 7.31. The Bertz CT molecular complexity index is 338. The van der Waals surface area contributed by atoms with Gasteiger partial charge in [0.1, 0.15) is 0 Å². The normalized spacial score (nSPS) is 16.9. The van der Waals surface area contributed by atoms with E-state index in [1.165, 1.54) is 0 Å². The van der Waals surface area contributed by atoms with Crippen molar-refractivity contribution in [1.29, 1.82) is 0 Å². The Morgan fingerprint density at radius 1 is 1.27 bits per heavy atom. The standard InChI is InChI=1S/C12H15ClO2/c1-2-10(13)9-4-5-11-12(8-9)15-7-3-6-14-11/h4-5,8,10H,2-3,6-7H2,1H3. The minimum atomic E-state index is 0.0575. The zero-order valence-corrected chi connectivity index (χ0v) is 9.59. The molecular formula is C12H15ClO2. The lowest BCUT2D eigenvalue weighted by atomic mass is 10.1. The van der Waals surface area contributed by atoms with E-state index in [1.54, 1.807) is 0 Å². The van der Waals surface area contributed by atoms with Crippen LogP contribution in [0.1, 0.15) is 30.7 Å². The minimum Gasteiger partial charge on any atom is -0.490 e. The lowest BCUT2D eigenvalue weighted by molar-refractivity contribution is 0.297. The lowest BCUT2D eigenvalue weighted by Crippen LogP contribution is -1.97. The summed E-state index contributed by atoms with van der Waals surface area (Å²) in [6, 6.07) is 5.94. The second kappa shape index (κ2) is 4.75. The van der Waals surface area contributed by atoms with Crippen molar-refractivity contribution in [2.24, 2.45) is 0 Å². The molecule has 0 bridgehead atoms. The molecule has 1 heterocycles. The van der Waals surface area contributed by atoms with E-state index in [0.29, 0.717) is 0 Å². The highest BCUT2D eigenvalue weighted by atomic mass is 35.5. The number of hydrogen-bond donors (Lipinski definition) is 0. The zero-order chi connectivity index (χ0) is 10.7. The van der Waals surface area contributed by atoms with E-state index in [1.807, 2.05) is 18.2 Å². The fourth-order valence-electron chi connectivity index (χ4n) is 1.61. The summed E-state index contributed by atoms with van der Waals surface area (Å²) in [6.07, 6.45) is 1.85. The Balaban J connectivity index is 2.27. The van der Waals surface area contributed by atoms with Crippen LogP contribution in [-0.4, -0.2) is 13.2 Å². The van der Waals surface area contributed by atoms with Crippen molar-refractivity contribution in [3.63, 3.8) is 0 Å². The molecule has 0 radical (unpaired) electrons. The van der Waals surface area contributed by atoms with Gasteiger partial charge in [-0.15, -0.1) is 11.6 Å². The monoisotopic (exact) mass is 226 g/mol. The molecule has 1 aliphatic heterocycles. The smallest absolute Gasteiger partial charge is 0.161 e. The van der Waals surface area contributed by atoms with Gasteiger partial charge in [0.2, 0.25) is 0 Å². The molecule has 2 rings (SSSR count). The van der Waals surface area contributed by atoms with Gasteiger partial charge in [0.05, 0.1) is 18.6 Å². The third kappa shape index (κ3) is 2.37. The van der Waals surface area contributed by atoms with E-state index in [-0.39, 0.29) is 5.38 Å². The van der Waals surface area contributed by atoms with Crippen molar-refractivity contribution < 1.29 is 9.47 Å². The molecule has 0 spiro atoms. The van der Waals surface area contributed by atoms with Crippen LogP contribution in [0.3, 0.4) is 0 Å². The van der Waals surface area contributed by atoms with E-state index in [2.05, 4.69) is 6.92 Å². The first kappa shape index (κ1) is 10.6. The molecular weight excluding hydrogens is 212 g/mol. The highest BCUT2D eigenvalue weighted by Gasteiger charge is 2.13. The van der Waals surface area contributed by atoms with Crippen LogP contribution in [0.25, 0.3) is 0 Å². The van der Waals surface area contributed by atoms with E-state index in [9.17, 15) is 0 Å². The van der Waals surface area contributed by atoms with E-state index < -0.39 is 0 Å². The largest absolute Gasteiger partial charge is 0.490 e. The van der Waals surface area contributed by atoms with Gasteiger partial charge < -0.3 is 9.47 Å². The van der Waals surface area contributed by atoms with Gasteiger partial charge in [-0.25, -0.2) is 0 Å². The van der Waals surface area contributed by atoms with Crippen LogP contribution in [0.5, 0.6) is 11.5 Å². The van der Waals surface area contributed by atoms with Crippen molar-refractivity contribution in [3.05, 3.63) is 23.8 Å². The Morgan fingerprint density at radius 3 is 2.73 bits per heavy atom. The predicted molar refractivity (Wildman–Crippen MR) is 60.9 cm³/mol. The average molecular weight is 227 g/mol. The molecule has 1 aromatic carbocycles.